The first kappa shape index (κ1) is 19.6. The van der Waals surface area contributed by atoms with E-state index in [2.05, 4.69) is 36.1 Å². The van der Waals surface area contributed by atoms with Crippen molar-refractivity contribution in [1.82, 2.24) is 24.8 Å². The lowest BCUT2D eigenvalue weighted by molar-refractivity contribution is 0.0452. The molecule has 0 unspecified atom stereocenters. The molecule has 146 valence electrons. The molecule has 0 spiro atoms. The third kappa shape index (κ3) is 6.84. The second-order valence-electron chi connectivity index (χ2n) is 6.46. The summed E-state index contributed by atoms with van der Waals surface area (Å²) in [6.07, 6.45) is 5.25. The lowest BCUT2D eigenvalue weighted by Gasteiger charge is -2.34. The van der Waals surface area contributed by atoms with Gasteiger partial charge in [0.25, 0.3) is 0 Å². The topological polar surface area (TPSA) is 75.6 Å². The molecule has 1 fully saturated rings. The molecule has 0 radical (unpaired) electrons. The molecule has 2 aromatic rings. The predicted octanol–water partition coefficient (Wildman–Crippen LogP) is 1.40. The summed E-state index contributed by atoms with van der Waals surface area (Å²) in [6, 6.07) is 5.87. The number of methoxy groups -OCH3 is 1. The van der Waals surface area contributed by atoms with Crippen LogP contribution < -0.4 is 5.32 Å². The molecule has 8 nitrogen and oxygen atoms in total. The third-order valence-electron chi connectivity index (χ3n) is 4.48. The van der Waals surface area contributed by atoms with Gasteiger partial charge in [0.05, 0.1) is 37.4 Å². The Morgan fingerprint density at radius 1 is 0.963 bits per heavy atom. The smallest absolute Gasteiger partial charge is 0.227 e. The number of nitrogens with one attached hydrogen (secondary N) is 1. The van der Waals surface area contributed by atoms with Crippen molar-refractivity contribution in [3.63, 3.8) is 0 Å². The van der Waals surface area contributed by atoms with Crippen LogP contribution in [-0.4, -0.2) is 84.4 Å². The van der Waals surface area contributed by atoms with E-state index in [9.17, 15) is 0 Å². The molecule has 3 heterocycles. The van der Waals surface area contributed by atoms with Crippen molar-refractivity contribution in [2.45, 2.75) is 6.54 Å². The van der Waals surface area contributed by atoms with Crippen molar-refractivity contribution in [2.24, 2.45) is 0 Å². The second-order valence-corrected chi connectivity index (χ2v) is 6.46. The van der Waals surface area contributed by atoms with Gasteiger partial charge in [0.15, 0.2) is 0 Å². The summed E-state index contributed by atoms with van der Waals surface area (Å²) in [5.74, 6) is 0.578. The first-order valence-corrected chi connectivity index (χ1v) is 9.34. The number of rotatable bonds is 10. The molecule has 1 aliphatic heterocycles. The van der Waals surface area contributed by atoms with Crippen molar-refractivity contribution in [2.75, 3.05) is 65.0 Å². The van der Waals surface area contributed by atoms with Gasteiger partial charge in [0.1, 0.15) is 0 Å². The Hall–Kier alpha value is -2.13. The first-order chi connectivity index (χ1) is 13.3. The van der Waals surface area contributed by atoms with Crippen molar-refractivity contribution < 1.29 is 9.47 Å². The van der Waals surface area contributed by atoms with E-state index in [1.54, 1.807) is 25.6 Å². The quantitative estimate of drug-likeness (QED) is 0.627. The minimum Gasteiger partial charge on any atom is -0.382 e. The molecular weight excluding hydrogens is 344 g/mol. The van der Waals surface area contributed by atoms with Crippen LogP contribution in [0.15, 0.2) is 36.8 Å². The molecule has 0 atom stereocenters. The molecule has 0 aliphatic carbocycles. The highest BCUT2D eigenvalue weighted by Crippen LogP contribution is 2.13. The molecule has 3 rings (SSSR count). The number of piperazine rings is 1. The Balaban J connectivity index is 1.36. The zero-order valence-electron chi connectivity index (χ0n) is 15.9. The normalized spacial score (nSPS) is 15.7. The number of anilines is 2. The van der Waals surface area contributed by atoms with Crippen molar-refractivity contribution in [3.05, 3.63) is 42.5 Å². The minimum atomic E-state index is 0.578. The Kier molecular flexibility index (Phi) is 7.91. The molecule has 27 heavy (non-hydrogen) atoms. The fourth-order valence-electron chi connectivity index (χ4n) is 2.92. The van der Waals surface area contributed by atoms with Crippen molar-refractivity contribution in [1.29, 1.82) is 0 Å². The summed E-state index contributed by atoms with van der Waals surface area (Å²) in [6.45, 7) is 8.20. The lowest BCUT2D eigenvalue weighted by Crippen LogP contribution is -2.46. The van der Waals surface area contributed by atoms with Crippen molar-refractivity contribution in [3.8, 4) is 0 Å². The SMILES string of the molecule is COCCOCCN1CCN(Cc2ccc(Nc3ncccn3)cn2)CC1. The fraction of sp³-hybridized carbons (Fsp3) is 0.526. The molecule has 1 aliphatic rings. The van der Waals surface area contributed by atoms with Gasteiger partial charge < -0.3 is 14.8 Å². The van der Waals surface area contributed by atoms with E-state index in [0.29, 0.717) is 19.2 Å². The standard InChI is InChI=1S/C19H28N6O2/c1-26-13-14-27-12-11-24-7-9-25(10-8-24)16-18-4-3-17(15-22-18)23-19-20-5-2-6-21-19/h2-6,15H,7-14,16H2,1H3,(H,20,21,23). The van der Waals surface area contributed by atoms with Gasteiger partial charge in [0.2, 0.25) is 5.95 Å². The van der Waals surface area contributed by atoms with E-state index in [0.717, 1.165) is 57.3 Å². The highest BCUT2D eigenvalue weighted by Gasteiger charge is 2.17. The maximum Gasteiger partial charge on any atom is 0.227 e. The van der Waals surface area contributed by atoms with Gasteiger partial charge in [-0.2, -0.15) is 0 Å². The van der Waals surface area contributed by atoms with Crippen LogP contribution in [0, 0.1) is 0 Å². The zero-order valence-corrected chi connectivity index (χ0v) is 15.9. The number of hydrogen-bond donors (Lipinski definition) is 1. The number of ether oxygens (including phenoxy) is 2. The number of hydrogen-bond acceptors (Lipinski definition) is 8. The molecule has 2 aromatic heterocycles. The Bertz CT molecular complexity index is 647. The highest BCUT2D eigenvalue weighted by atomic mass is 16.5. The fourth-order valence-corrected chi connectivity index (χ4v) is 2.92. The summed E-state index contributed by atoms with van der Waals surface area (Å²) >= 11 is 0. The molecule has 1 N–H and O–H groups in total. The van der Waals surface area contributed by atoms with Crippen LogP contribution in [0.4, 0.5) is 11.6 Å². The molecule has 0 saturated carbocycles. The summed E-state index contributed by atoms with van der Waals surface area (Å²) in [7, 11) is 1.69. The van der Waals surface area contributed by atoms with Gasteiger partial charge in [-0.25, -0.2) is 9.97 Å². The lowest BCUT2D eigenvalue weighted by atomic mass is 10.2. The average Bonchev–Trinajstić information content (AvgIpc) is 2.71. The highest BCUT2D eigenvalue weighted by molar-refractivity contribution is 5.51. The molecule has 0 bridgehead atoms. The molecular formula is C19H28N6O2. The van der Waals surface area contributed by atoms with Gasteiger partial charge in [0, 0.05) is 58.8 Å². The zero-order chi connectivity index (χ0) is 18.7. The van der Waals surface area contributed by atoms with Crippen LogP contribution in [0.25, 0.3) is 0 Å². The predicted molar refractivity (Wildman–Crippen MR) is 104 cm³/mol. The van der Waals surface area contributed by atoms with Crippen LogP contribution in [0.3, 0.4) is 0 Å². The third-order valence-corrected chi connectivity index (χ3v) is 4.48. The van der Waals surface area contributed by atoms with E-state index in [4.69, 9.17) is 9.47 Å². The van der Waals surface area contributed by atoms with Gasteiger partial charge in [-0.3, -0.25) is 14.8 Å². The maximum absolute atomic E-state index is 5.55. The van der Waals surface area contributed by atoms with Gasteiger partial charge in [-0.05, 0) is 18.2 Å². The average molecular weight is 372 g/mol. The summed E-state index contributed by atoms with van der Waals surface area (Å²) in [4.78, 5) is 17.8. The first-order valence-electron chi connectivity index (χ1n) is 9.34. The summed E-state index contributed by atoms with van der Waals surface area (Å²) in [5.41, 5.74) is 1.97. The molecule has 0 amide bonds. The number of aromatic nitrogens is 3. The van der Waals surface area contributed by atoms with Gasteiger partial charge >= 0.3 is 0 Å². The Labute approximate surface area is 160 Å². The van der Waals surface area contributed by atoms with Gasteiger partial charge in [-0.15, -0.1) is 0 Å². The summed E-state index contributed by atoms with van der Waals surface area (Å²) < 4.78 is 10.5. The van der Waals surface area contributed by atoms with Gasteiger partial charge in [-0.1, -0.05) is 0 Å². The monoisotopic (exact) mass is 372 g/mol. The van der Waals surface area contributed by atoms with E-state index in [-0.39, 0.29) is 0 Å². The van der Waals surface area contributed by atoms with E-state index in [1.807, 2.05) is 12.3 Å². The van der Waals surface area contributed by atoms with Crippen LogP contribution >= 0.6 is 0 Å². The van der Waals surface area contributed by atoms with E-state index < -0.39 is 0 Å². The molecule has 1 saturated heterocycles. The molecule has 8 heteroatoms. The summed E-state index contributed by atoms with van der Waals surface area (Å²) in [5, 5.41) is 3.15. The maximum atomic E-state index is 5.55. The van der Waals surface area contributed by atoms with Crippen LogP contribution in [0.2, 0.25) is 0 Å². The van der Waals surface area contributed by atoms with Crippen molar-refractivity contribution >= 4 is 11.6 Å². The number of pyridine rings is 1. The largest absolute Gasteiger partial charge is 0.382 e. The van der Waals surface area contributed by atoms with E-state index >= 15 is 0 Å². The Morgan fingerprint density at radius 2 is 1.74 bits per heavy atom. The van der Waals surface area contributed by atoms with E-state index in [1.165, 1.54) is 0 Å². The van der Waals surface area contributed by atoms with Crippen LogP contribution in [0.1, 0.15) is 5.69 Å². The molecule has 0 aromatic carbocycles. The second kappa shape index (κ2) is 10.9. The van der Waals surface area contributed by atoms with Crippen LogP contribution in [-0.2, 0) is 16.0 Å². The van der Waals surface area contributed by atoms with Crippen LogP contribution in [0.5, 0.6) is 0 Å². The minimum absolute atomic E-state index is 0.578. The number of nitrogens with zero attached hydrogens (tertiary/aromatic N) is 5. The Morgan fingerprint density at radius 3 is 2.44 bits per heavy atom.